The van der Waals surface area contributed by atoms with Crippen molar-refractivity contribution in [1.29, 1.82) is 0 Å². The Hall–Kier alpha value is -1.29. The summed E-state index contributed by atoms with van der Waals surface area (Å²) in [6, 6.07) is 9.76. The first-order chi connectivity index (χ1) is 6.75. The molecule has 1 aromatic rings. The Morgan fingerprint density at radius 2 is 2.07 bits per heavy atom. The number of hydrazone groups is 1. The van der Waals surface area contributed by atoms with Crippen molar-refractivity contribution < 1.29 is 4.79 Å². The largest absolute Gasteiger partial charge is 0.272 e. The van der Waals surface area contributed by atoms with Gasteiger partial charge in [-0.15, -0.1) is 0 Å². The van der Waals surface area contributed by atoms with Gasteiger partial charge in [-0.2, -0.15) is 9.52 Å². The summed E-state index contributed by atoms with van der Waals surface area (Å²) in [6.07, 6.45) is 0.444. The fourth-order valence-electron chi connectivity index (χ4n) is 1.19. The molecule has 0 fully saturated rings. The number of carbonyl (C=O) groups is 1. The number of hydrogen-bond acceptors (Lipinski definition) is 3. The molecule has 0 aromatic heterocycles. The maximum Gasteiger partial charge on any atom is 0.259 e. The van der Waals surface area contributed by atoms with Crippen LogP contribution in [0.2, 0.25) is 0 Å². The molecular weight excluding hydrogens is 196 g/mol. The first-order valence-electron chi connectivity index (χ1n) is 4.36. The van der Waals surface area contributed by atoms with E-state index in [4.69, 9.17) is 0 Å². The predicted octanol–water partition coefficient (Wildman–Crippen LogP) is 2.30. The Balaban J connectivity index is 2.09. The maximum atomic E-state index is 11.4. The molecule has 1 aliphatic rings. The van der Waals surface area contributed by atoms with E-state index in [1.165, 1.54) is 16.4 Å². The molecule has 72 valence electrons. The predicted molar refractivity (Wildman–Crippen MR) is 56.9 cm³/mol. The third-order valence-corrected chi connectivity index (χ3v) is 2.76. The zero-order valence-electron chi connectivity index (χ0n) is 7.80. The lowest BCUT2D eigenvalue weighted by Gasteiger charge is -2.08. The van der Waals surface area contributed by atoms with Gasteiger partial charge in [-0.05, 0) is 19.1 Å². The van der Waals surface area contributed by atoms with Crippen LogP contribution in [-0.2, 0) is 4.79 Å². The summed E-state index contributed by atoms with van der Waals surface area (Å²) in [4.78, 5) is 12.4. The second-order valence-corrected chi connectivity index (χ2v) is 4.08. The van der Waals surface area contributed by atoms with Crippen LogP contribution >= 0.6 is 11.9 Å². The SMILES string of the molecule is CC1=NN(Sc2ccccc2)C(=O)C1. The van der Waals surface area contributed by atoms with Crippen molar-refractivity contribution in [3.05, 3.63) is 30.3 Å². The van der Waals surface area contributed by atoms with E-state index < -0.39 is 0 Å². The Labute approximate surface area is 86.9 Å². The molecule has 0 bridgehead atoms. The highest BCUT2D eigenvalue weighted by atomic mass is 32.2. The fourth-order valence-corrected chi connectivity index (χ4v) is 2.01. The third kappa shape index (κ3) is 1.96. The number of nitrogens with zero attached hydrogens (tertiary/aromatic N) is 2. The van der Waals surface area contributed by atoms with Crippen LogP contribution in [0.1, 0.15) is 13.3 Å². The van der Waals surface area contributed by atoms with Gasteiger partial charge < -0.3 is 0 Å². The standard InChI is InChI=1S/C10H10N2OS/c1-8-7-10(13)12(11-8)14-9-5-3-2-4-6-9/h2-6H,7H2,1H3. The molecule has 1 aliphatic heterocycles. The first kappa shape index (κ1) is 9.27. The summed E-state index contributed by atoms with van der Waals surface area (Å²) in [5.41, 5.74) is 0.874. The van der Waals surface area contributed by atoms with Gasteiger partial charge in [-0.25, -0.2) is 0 Å². The van der Waals surface area contributed by atoms with Crippen LogP contribution in [0.15, 0.2) is 40.3 Å². The van der Waals surface area contributed by atoms with Crippen molar-refractivity contribution in [2.75, 3.05) is 0 Å². The fraction of sp³-hybridized carbons (Fsp3) is 0.200. The van der Waals surface area contributed by atoms with E-state index in [0.717, 1.165) is 10.6 Å². The van der Waals surface area contributed by atoms with Crippen molar-refractivity contribution in [1.82, 2.24) is 4.41 Å². The van der Waals surface area contributed by atoms with Gasteiger partial charge in [0.25, 0.3) is 5.91 Å². The molecule has 3 nitrogen and oxygen atoms in total. The highest BCUT2D eigenvalue weighted by Gasteiger charge is 2.21. The molecule has 0 saturated heterocycles. The molecule has 1 aromatic carbocycles. The van der Waals surface area contributed by atoms with Crippen molar-refractivity contribution in [3.63, 3.8) is 0 Å². The van der Waals surface area contributed by atoms with Gasteiger partial charge in [0.15, 0.2) is 0 Å². The highest BCUT2D eigenvalue weighted by molar-refractivity contribution is 7.97. The highest BCUT2D eigenvalue weighted by Crippen LogP contribution is 2.26. The van der Waals surface area contributed by atoms with Gasteiger partial charge in [0.2, 0.25) is 0 Å². The zero-order valence-corrected chi connectivity index (χ0v) is 8.62. The van der Waals surface area contributed by atoms with Crippen LogP contribution < -0.4 is 0 Å². The number of benzene rings is 1. The number of hydrogen-bond donors (Lipinski definition) is 0. The summed E-state index contributed by atoms with van der Waals surface area (Å²) in [5, 5.41) is 4.13. The number of carbonyl (C=O) groups excluding carboxylic acids is 1. The second-order valence-electron chi connectivity index (χ2n) is 3.08. The van der Waals surface area contributed by atoms with Crippen LogP contribution in [-0.4, -0.2) is 16.0 Å². The molecular formula is C10H10N2OS. The third-order valence-electron chi connectivity index (χ3n) is 1.82. The topological polar surface area (TPSA) is 32.7 Å². The van der Waals surface area contributed by atoms with Crippen LogP contribution in [0.25, 0.3) is 0 Å². The molecule has 0 radical (unpaired) electrons. The van der Waals surface area contributed by atoms with Gasteiger partial charge >= 0.3 is 0 Å². The zero-order chi connectivity index (χ0) is 9.97. The minimum Gasteiger partial charge on any atom is -0.272 e. The van der Waals surface area contributed by atoms with E-state index in [9.17, 15) is 4.79 Å². The Morgan fingerprint density at radius 1 is 1.36 bits per heavy atom. The van der Waals surface area contributed by atoms with Gasteiger partial charge in [-0.3, -0.25) is 4.79 Å². The molecule has 1 heterocycles. The van der Waals surface area contributed by atoms with Crippen LogP contribution in [0.5, 0.6) is 0 Å². The summed E-state index contributed by atoms with van der Waals surface area (Å²) in [7, 11) is 0. The molecule has 14 heavy (non-hydrogen) atoms. The molecule has 0 aliphatic carbocycles. The molecule has 4 heteroatoms. The van der Waals surface area contributed by atoms with Crippen LogP contribution in [0.4, 0.5) is 0 Å². The first-order valence-corrected chi connectivity index (χ1v) is 5.13. The maximum absolute atomic E-state index is 11.4. The molecule has 1 amide bonds. The second kappa shape index (κ2) is 3.84. The Kier molecular flexibility index (Phi) is 2.54. The molecule has 0 unspecified atom stereocenters. The summed E-state index contributed by atoms with van der Waals surface area (Å²) in [5.74, 6) is 0.0522. The lowest BCUT2D eigenvalue weighted by atomic mass is 10.3. The Bertz CT molecular complexity index is 375. The van der Waals surface area contributed by atoms with Gasteiger partial charge in [0, 0.05) is 22.6 Å². The normalized spacial score (nSPS) is 15.9. The summed E-state index contributed by atoms with van der Waals surface area (Å²) >= 11 is 1.36. The van der Waals surface area contributed by atoms with Crippen molar-refractivity contribution in [2.45, 2.75) is 18.2 Å². The number of rotatable bonds is 2. The molecule has 0 spiro atoms. The van der Waals surface area contributed by atoms with Crippen LogP contribution in [0.3, 0.4) is 0 Å². The molecule has 0 N–H and O–H groups in total. The quantitative estimate of drug-likeness (QED) is 0.695. The monoisotopic (exact) mass is 206 g/mol. The van der Waals surface area contributed by atoms with E-state index >= 15 is 0 Å². The minimum absolute atomic E-state index is 0.0522. The van der Waals surface area contributed by atoms with E-state index in [1.807, 2.05) is 37.3 Å². The lowest BCUT2D eigenvalue weighted by molar-refractivity contribution is -0.123. The number of amides is 1. The average molecular weight is 206 g/mol. The van der Waals surface area contributed by atoms with Crippen molar-refractivity contribution in [3.8, 4) is 0 Å². The van der Waals surface area contributed by atoms with E-state index in [1.54, 1.807) is 0 Å². The van der Waals surface area contributed by atoms with Crippen molar-refractivity contribution >= 4 is 23.6 Å². The molecule has 0 atom stereocenters. The minimum atomic E-state index is 0.0522. The van der Waals surface area contributed by atoms with Crippen LogP contribution in [0, 0.1) is 0 Å². The summed E-state index contributed by atoms with van der Waals surface area (Å²) < 4.78 is 1.45. The lowest BCUT2D eigenvalue weighted by Crippen LogP contribution is -2.11. The summed E-state index contributed by atoms with van der Waals surface area (Å²) in [6.45, 7) is 1.86. The average Bonchev–Trinajstić information content (AvgIpc) is 2.47. The smallest absolute Gasteiger partial charge is 0.259 e. The van der Waals surface area contributed by atoms with Gasteiger partial charge in [0.05, 0.1) is 6.42 Å². The van der Waals surface area contributed by atoms with E-state index in [-0.39, 0.29) is 5.91 Å². The van der Waals surface area contributed by atoms with E-state index in [0.29, 0.717) is 6.42 Å². The van der Waals surface area contributed by atoms with Gasteiger partial charge in [0.1, 0.15) is 0 Å². The Morgan fingerprint density at radius 3 is 2.64 bits per heavy atom. The van der Waals surface area contributed by atoms with Crippen molar-refractivity contribution in [2.24, 2.45) is 5.10 Å². The van der Waals surface area contributed by atoms with Gasteiger partial charge in [-0.1, -0.05) is 18.2 Å². The molecule has 0 saturated carbocycles. The molecule has 2 rings (SSSR count). The van der Waals surface area contributed by atoms with E-state index in [2.05, 4.69) is 5.10 Å².